The number of nitrogens with one attached hydrogen (secondary N) is 1. The third kappa shape index (κ3) is 3.96. The maximum Gasteiger partial charge on any atom is 0.346 e. The molecule has 1 atom stereocenters. The third-order valence-electron chi connectivity index (χ3n) is 3.43. The number of carbonyl (C=O) groups is 2. The predicted octanol–water partition coefficient (Wildman–Crippen LogP) is 2.95. The molecular formula is C17H18N2O3S. The number of aromatic nitrogens is 2. The minimum Gasteiger partial charge on any atom is -0.309 e. The lowest BCUT2D eigenvalue weighted by Gasteiger charge is -2.13. The molecule has 0 saturated carbocycles. The molecule has 1 heterocycles. The van der Waals surface area contributed by atoms with Crippen LogP contribution in [0, 0.1) is 13.8 Å². The van der Waals surface area contributed by atoms with Crippen molar-refractivity contribution in [1.82, 2.24) is 9.97 Å². The summed E-state index contributed by atoms with van der Waals surface area (Å²) in [6.45, 7) is 6.76. The van der Waals surface area contributed by atoms with Crippen LogP contribution in [0.1, 0.15) is 45.8 Å². The SMILES string of the molecule is CC(=O)c1c(SC(C)C(=O)c2ccc(C)cc2)nc(=O)[nH]c1C. The van der Waals surface area contributed by atoms with Crippen LogP contribution < -0.4 is 5.69 Å². The predicted molar refractivity (Wildman–Crippen MR) is 90.4 cm³/mol. The summed E-state index contributed by atoms with van der Waals surface area (Å²) in [5.74, 6) is -0.257. The van der Waals surface area contributed by atoms with Gasteiger partial charge in [0.25, 0.3) is 0 Å². The van der Waals surface area contributed by atoms with Crippen LogP contribution in [-0.4, -0.2) is 26.8 Å². The summed E-state index contributed by atoms with van der Waals surface area (Å²) in [6.07, 6.45) is 0. The number of thioether (sulfide) groups is 1. The average Bonchev–Trinajstić information content (AvgIpc) is 2.46. The average molecular weight is 330 g/mol. The number of aromatic amines is 1. The highest BCUT2D eigenvalue weighted by Gasteiger charge is 2.21. The molecule has 1 unspecified atom stereocenters. The standard InChI is InChI=1S/C17H18N2O3S/c1-9-5-7-13(8-6-9)15(21)12(4)23-16-14(11(3)20)10(2)18-17(22)19-16/h5-8,12H,1-4H3,(H,18,19,22). The van der Waals surface area contributed by atoms with Crippen LogP contribution in [0.5, 0.6) is 0 Å². The monoisotopic (exact) mass is 330 g/mol. The number of ketones is 2. The fourth-order valence-electron chi connectivity index (χ4n) is 2.23. The number of nitrogens with zero attached hydrogens (tertiary/aromatic N) is 1. The Morgan fingerprint density at radius 2 is 1.78 bits per heavy atom. The van der Waals surface area contributed by atoms with Gasteiger partial charge in [0.15, 0.2) is 11.6 Å². The Morgan fingerprint density at radius 1 is 1.17 bits per heavy atom. The number of benzene rings is 1. The van der Waals surface area contributed by atoms with Gasteiger partial charge in [-0.15, -0.1) is 0 Å². The molecule has 2 rings (SSSR count). The van der Waals surface area contributed by atoms with E-state index in [4.69, 9.17) is 0 Å². The molecule has 0 spiro atoms. The van der Waals surface area contributed by atoms with E-state index < -0.39 is 10.9 Å². The number of rotatable bonds is 5. The molecular weight excluding hydrogens is 312 g/mol. The fraction of sp³-hybridized carbons (Fsp3) is 0.294. The van der Waals surface area contributed by atoms with Crippen LogP contribution >= 0.6 is 11.8 Å². The molecule has 0 aliphatic heterocycles. The van der Waals surface area contributed by atoms with Crippen LogP contribution in [0.4, 0.5) is 0 Å². The Morgan fingerprint density at radius 3 is 2.35 bits per heavy atom. The lowest BCUT2D eigenvalue weighted by Crippen LogP contribution is -2.20. The van der Waals surface area contributed by atoms with Crippen LogP contribution in [0.15, 0.2) is 34.1 Å². The third-order valence-corrected chi connectivity index (χ3v) is 4.52. The number of hydrogen-bond donors (Lipinski definition) is 1. The van der Waals surface area contributed by atoms with Gasteiger partial charge in [-0.3, -0.25) is 9.59 Å². The summed E-state index contributed by atoms with van der Waals surface area (Å²) in [4.78, 5) is 42.2. The zero-order valence-corrected chi connectivity index (χ0v) is 14.3. The quantitative estimate of drug-likeness (QED) is 0.518. The second-order valence-corrected chi connectivity index (χ2v) is 6.72. The molecule has 5 nitrogen and oxygen atoms in total. The first-order valence-electron chi connectivity index (χ1n) is 7.19. The highest BCUT2D eigenvalue weighted by atomic mass is 32.2. The molecule has 1 aromatic carbocycles. The van der Waals surface area contributed by atoms with E-state index in [0.717, 1.165) is 17.3 Å². The van der Waals surface area contributed by atoms with Crippen LogP contribution in [0.25, 0.3) is 0 Å². The van der Waals surface area contributed by atoms with E-state index in [1.54, 1.807) is 26.0 Å². The van der Waals surface area contributed by atoms with E-state index in [1.807, 2.05) is 19.1 Å². The number of Topliss-reactive ketones (excluding diaryl/α,β-unsaturated/α-hetero) is 2. The van der Waals surface area contributed by atoms with Crippen molar-refractivity contribution in [2.24, 2.45) is 0 Å². The summed E-state index contributed by atoms with van der Waals surface area (Å²) in [5, 5.41) is -0.156. The first-order valence-corrected chi connectivity index (χ1v) is 8.07. The fourth-order valence-corrected chi connectivity index (χ4v) is 3.36. The molecule has 0 saturated heterocycles. The van der Waals surface area contributed by atoms with Crippen LogP contribution in [0.3, 0.4) is 0 Å². The van der Waals surface area contributed by atoms with Crippen molar-refractivity contribution >= 4 is 23.3 Å². The molecule has 6 heteroatoms. The molecule has 1 N–H and O–H groups in total. The lowest BCUT2D eigenvalue weighted by atomic mass is 10.1. The molecule has 0 fully saturated rings. The minimum atomic E-state index is -0.523. The Kier molecular flexibility index (Phi) is 5.15. The molecule has 0 aliphatic rings. The van der Waals surface area contributed by atoms with E-state index in [2.05, 4.69) is 9.97 Å². The van der Waals surface area contributed by atoms with Crippen molar-refractivity contribution in [3.8, 4) is 0 Å². The second kappa shape index (κ2) is 6.91. The summed E-state index contributed by atoms with van der Waals surface area (Å²) in [7, 11) is 0. The van der Waals surface area contributed by atoms with E-state index in [-0.39, 0.29) is 11.6 Å². The number of H-pyrrole nitrogens is 1. The maximum absolute atomic E-state index is 12.5. The molecule has 0 amide bonds. The zero-order valence-electron chi connectivity index (χ0n) is 13.5. The van der Waals surface area contributed by atoms with Gasteiger partial charge in [0.05, 0.1) is 10.8 Å². The normalized spacial score (nSPS) is 12.0. The molecule has 23 heavy (non-hydrogen) atoms. The van der Waals surface area contributed by atoms with Crippen molar-refractivity contribution in [2.75, 3.05) is 0 Å². The highest BCUT2D eigenvalue weighted by molar-refractivity contribution is 8.00. The van der Waals surface area contributed by atoms with E-state index in [9.17, 15) is 14.4 Å². The minimum absolute atomic E-state index is 0.0655. The number of hydrogen-bond acceptors (Lipinski definition) is 5. The first kappa shape index (κ1) is 17.1. The highest BCUT2D eigenvalue weighted by Crippen LogP contribution is 2.27. The molecule has 120 valence electrons. The number of carbonyl (C=O) groups excluding carboxylic acids is 2. The Bertz CT molecular complexity index is 810. The summed E-state index contributed by atoms with van der Waals surface area (Å²) in [5.41, 5.74) is 1.98. The molecule has 0 bridgehead atoms. The van der Waals surface area contributed by atoms with Gasteiger partial charge in [-0.1, -0.05) is 41.6 Å². The van der Waals surface area contributed by atoms with Crippen molar-refractivity contribution in [3.63, 3.8) is 0 Å². The maximum atomic E-state index is 12.5. The van der Waals surface area contributed by atoms with Gasteiger partial charge in [0.1, 0.15) is 5.03 Å². The second-order valence-electron chi connectivity index (χ2n) is 5.39. The van der Waals surface area contributed by atoms with Crippen LogP contribution in [-0.2, 0) is 0 Å². The Balaban J connectivity index is 2.31. The lowest BCUT2D eigenvalue weighted by molar-refractivity contribution is 0.0988. The van der Waals surface area contributed by atoms with E-state index in [0.29, 0.717) is 21.8 Å². The van der Waals surface area contributed by atoms with Crippen LogP contribution in [0.2, 0.25) is 0 Å². The summed E-state index contributed by atoms with van der Waals surface area (Å²) >= 11 is 1.13. The van der Waals surface area contributed by atoms with E-state index in [1.165, 1.54) is 6.92 Å². The smallest absolute Gasteiger partial charge is 0.309 e. The molecule has 1 aromatic heterocycles. The largest absolute Gasteiger partial charge is 0.346 e. The van der Waals surface area contributed by atoms with Gasteiger partial charge in [-0.25, -0.2) is 4.79 Å². The molecule has 0 aliphatic carbocycles. The first-order chi connectivity index (χ1) is 10.8. The van der Waals surface area contributed by atoms with Gasteiger partial charge in [-0.2, -0.15) is 4.98 Å². The molecule has 0 radical (unpaired) electrons. The van der Waals surface area contributed by atoms with E-state index >= 15 is 0 Å². The van der Waals surface area contributed by atoms with Crippen molar-refractivity contribution in [3.05, 3.63) is 57.1 Å². The van der Waals surface area contributed by atoms with Crippen molar-refractivity contribution in [1.29, 1.82) is 0 Å². The number of aryl methyl sites for hydroxylation is 2. The Hall–Kier alpha value is -2.21. The van der Waals surface area contributed by atoms with Crippen molar-refractivity contribution in [2.45, 2.75) is 38.0 Å². The van der Waals surface area contributed by atoms with Gasteiger partial charge in [0, 0.05) is 11.3 Å². The topological polar surface area (TPSA) is 79.9 Å². The molecule has 2 aromatic rings. The van der Waals surface area contributed by atoms with Crippen molar-refractivity contribution < 1.29 is 9.59 Å². The summed E-state index contributed by atoms with van der Waals surface area (Å²) in [6, 6.07) is 7.30. The van der Waals surface area contributed by atoms with Gasteiger partial charge in [0.2, 0.25) is 0 Å². The van der Waals surface area contributed by atoms with Gasteiger partial charge in [-0.05, 0) is 27.7 Å². The Labute approximate surface area is 138 Å². The zero-order chi connectivity index (χ0) is 17.1. The van der Waals surface area contributed by atoms with Gasteiger partial charge >= 0.3 is 5.69 Å². The summed E-state index contributed by atoms with van der Waals surface area (Å²) < 4.78 is 0. The van der Waals surface area contributed by atoms with Gasteiger partial charge < -0.3 is 4.98 Å².